The lowest BCUT2D eigenvalue weighted by atomic mass is 9.95. The van der Waals surface area contributed by atoms with Crippen molar-refractivity contribution < 1.29 is 22.7 Å². The number of aromatic nitrogens is 3. The zero-order valence-corrected chi connectivity index (χ0v) is 25.4. The molecular weight excluding hydrogens is 595 g/mol. The molecule has 0 N–H and O–H groups in total. The van der Waals surface area contributed by atoms with E-state index in [0.29, 0.717) is 60.7 Å². The van der Waals surface area contributed by atoms with E-state index in [4.69, 9.17) is 9.72 Å². The Kier molecular flexibility index (Phi) is 6.94. The predicted molar refractivity (Wildman–Crippen MR) is 164 cm³/mol. The molecule has 9 nitrogen and oxygen atoms in total. The van der Waals surface area contributed by atoms with E-state index in [1.807, 2.05) is 4.90 Å². The van der Waals surface area contributed by atoms with Gasteiger partial charge >= 0.3 is 6.01 Å². The summed E-state index contributed by atoms with van der Waals surface area (Å²) in [5.41, 5.74) is 1.71. The van der Waals surface area contributed by atoms with Crippen molar-refractivity contribution in [2.75, 3.05) is 44.2 Å². The van der Waals surface area contributed by atoms with E-state index in [-0.39, 0.29) is 54.4 Å². The Labute approximate surface area is 264 Å². The number of anilines is 1. The predicted octanol–water partition coefficient (Wildman–Crippen LogP) is 4.70. The molecule has 1 saturated carbocycles. The number of hydrogen-bond acceptors (Lipinski definition) is 8. The average Bonchev–Trinajstić information content (AvgIpc) is 3.36. The van der Waals surface area contributed by atoms with E-state index in [1.165, 1.54) is 12.1 Å². The first-order chi connectivity index (χ1) is 22.3. The van der Waals surface area contributed by atoms with Crippen molar-refractivity contribution in [1.82, 2.24) is 24.8 Å². The van der Waals surface area contributed by atoms with Crippen LogP contribution in [-0.4, -0.2) is 87.7 Å². The SMILES string of the molecule is C=CC(=O)N1CCN(c2nc(OC[C@@]34CCCN3C[C@H](F)C4)nc3c(F)c(-c4ccc(F)c5c4CC4CC54)ncc23)C[C@@H]1CC#N. The van der Waals surface area contributed by atoms with Crippen LogP contribution in [-0.2, 0) is 11.2 Å². The fraction of sp³-hybridized carbons (Fsp3) is 0.500. The molecule has 1 aromatic carbocycles. The molecule has 238 valence electrons. The maximum atomic E-state index is 16.7. The largest absolute Gasteiger partial charge is 0.461 e. The van der Waals surface area contributed by atoms with E-state index in [9.17, 15) is 18.8 Å². The molecule has 12 heteroatoms. The van der Waals surface area contributed by atoms with Crippen molar-refractivity contribution in [3.63, 3.8) is 0 Å². The van der Waals surface area contributed by atoms with Crippen LogP contribution in [0.5, 0.6) is 6.01 Å². The lowest BCUT2D eigenvalue weighted by Crippen LogP contribution is -2.55. The summed E-state index contributed by atoms with van der Waals surface area (Å²) >= 11 is 0. The van der Waals surface area contributed by atoms with Gasteiger partial charge in [-0.25, -0.2) is 13.2 Å². The number of benzene rings is 1. The van der Waals surface area contributed by atoms with Crippen molar-refractivity contribution in [1.29, 1.82) is 5.26 Å². The molecule has 5 heterocycles. The lowest BCUT2D eigenvalue weighted by molar-refractivity contribution is -0.128. The summed E-state index contributed by atoms with van der Waals surface area (Å²) in [4.78, 5) is 32.1. The van der Waals surface area contributed by atoms with E-state index in [0.717, 1.165) is 31.4 Å². The number of piperazine rings is 1. The molecule has 3 aliphatic heterocycles. The van der Waals surface area contributed by atoms with Crippen LogP contribution in [0.2, 0.25) is 0 Å². The van der Waals surface area contributed by atoms with E-state index in [1.54, 1.807) is 17.2 Å². The molecule has 5 atom stereocenters. The van der Waals surface area contributed by atoms with Gasteiger partial charge in [0.2, 0.25) is 5.91 Å². The van der Waals surface area contributed by atoms with E-state index < -0.39 is 23.6 Å². The fourth-order valence-corrected chi connectivity index (χ4v) is 8.47. The molecule has 46 heavy (non-hydrogen) atoms. The highest BCUT2D eigenvalue weighted by Gasteiger charge is 2.50. The molecule has 2 unspecified atom stereocenters. The standard InChI is InChI=1S/C34H34F3N7O2/c1-2-27(45)44-11-10-42(17-21(44)6-8-38)32-25-15-39-30(22-4-5-26(36)28-23-12-19(23)13-24(22)28)29(37)31(25)40-33(41-32)46-18-34-7-3-9-43(34)16-20(35)14-34/h2,4-5,15,19-21,23H,1,3,6-7,9-14,16-18H2/t19?,20-,21+,23?,34+/m1/s1. The number of pyridine rings is 1. The monoisotopic (exact) mass is 629 g/mol. The van der Waals surface area contributed by atoms with E-state index >= 15 is 4.39 Å². The quantitative estimate of drug-likeness (QED) is 0.347. The number of nitrogens with zero attached hydrogens (tertiary/aromatic N) is 7. The molecule has 2 aliphatic carbocycles. The van der Waals surface area contributed by atoms with Crippen LogP contribution in [0.3, 0.4) is 0 Å². The van der Waals surface area contributed by atoms with Crippen molar-refractivity contribution in [2.45, 2.75) is 62.2 Å². The summed E-state index contributed by atoms with van der Waals surface area (Å²) < 4.78 is 52.2. The number of rotatable bonds is 7. The maximum Gasteiger partial charge on any atom is 0.319 e. The third-order valence-corrected chi connectivity index (χ3v) is 10.8. The highest BCUT2D eigenvalue weighted by Crippen LogP contribution is 2.58. The summed E-state index contributed by atoms with van der Waals surface area (Å²) in [7, 11) is 0. The second-order valence-electron chi connectivity index (χ2n) is 13.4. The summed E-state index contributed by atoms with van der Waals surface area (Å²) in [6.45, 7) is 5.89. The number of carbonyl (C=O) groups excluding carboxylic acids is 1. The molecule has 5 aliphatic rings. The molecule has 1 amide bonds. The molecule has 0 radical (unpaired) electrons. The number of hydrogen-bond donors (Lipinski definition) is 0. The first-order valence-corrected chi connectivity index (χ1v) is 16.0. The highest BCUT2D eigenvalue weighted by molar-refractivity contribution is 5.93. The summed E-state index contributed by atoms with van der Waals surface area (Å²) in [6.07, 6.45) is 5.70. The first kappa shape index (κ1) is 29.2. The van der Waals surface area contributed by atoms with E-state index in [2.05, 4.69) is 27.5 Å². The normalized spacial score (nSPS) is 28.1. The zero-order valence-electron chi connectivity index (χ0n) is 25.4. The summed E-state index contributed by atoms with van der Waals surface area (Å²) in [6, 6.07) is 4.68. The third-order valence-electron chi connectivity index (χ3n) is 10.8. The van der Waals surface area contributed by atoms with Gasteiger partial charge in [0.25, 0.3) is 0 Å². The van der Waals surface area contributed by atoms with Crippen LogP contribution in [0.4, 0.5) is 19.0 Å². The molecule has 3 aromatic rings. The first-order valence-electron chi connectivity index (χ1n) is 16.0. The second kappa shape index (κ2) is 10.9. The fourth-order valence-electron chi connectivity index (χ4n) is 8.47. The summed E-state index contributed by atoms with van der Waals surface area (Å²) in [5.74, 6) is -0.206. The van der Waals surface area contributed by atoms with Crippen molar-refractivity contribution in [3.8, 4) is 23.3 Å². The third kappa shape index (κ3) is 4.62. The Morgan fingerprint density at radius 1 is 1.22 bits per heavy atom. The van der Waals surface area contributed by atoms with Crippen molar-refractivity contribution in [3.05, 3.63) is 53.7 Å². The van der Waals surface area contributed by atoms with Crippen LogP contribution in [0.1, 0.15) is 49.1 Å². The minimum atomic E-state index is -0.932. The number of nitriles is 1. The van der Waals surface area contributed by atoms with Crippen molar-refractivity contribution >= 4 is 22.6 Å². The topological polar surface area (TPSA) is 98.5 Å². The zero-order chi connectivity index (χ0) is 31.7. The molecule has 8 rings (SSSR count). The van der Waals surface area contributed by atoms with Gasteiger partial charge in [-0.1, -0.05) is 6.58 Å². The number of carbonyl (C=O) groups is 1. The van der Waals surface area contributed by atoms with Crippen LogP contribution < -0.4 is 9.64 Å². The Bertz CT molecular complexity index is 1810. The average molecular weight is 630 g/mol. The molecular formula is C34H34F3N7O2. The highest BCUT2D eigenvalue weighted by atomic mass is 19.1. The lowest BCUT2D eigenvalue weighted by Gasteiger charge is -2.41. The van der Waals surface area contributed by atoms with Crippen molar-refractivity contribution in [2.24, 2.45) is 5.92 Å². The molecule has 3 saturated heterocycles. The Balaban J connectivity index is 1.21. The van der Waals surface area contributed by atoms with Gasteiger partial charge < -0.3 is 14.5 Å². The Hall–Kier alpha value is -4.24. The Morgan fingerprint density at radius 2 is 2.09 bits per heavy atom. The molecule has 0 bridgehead atoms. The van der Waals surface area contributed by atoms with Crippen LogP contribution in [0.15, 0.2) is 31.0 Å². The van der Waals surface area contributed by atoms with Gasteiger partial charge in [0.1, 0.15) is 35.6 Å². The molecule has 2 aromatic heterocycles. The second-order valence-corrected chi connectivity index (χ2v) is 13.4. The van der Waals surface area contributed by atoms with Gasteiger partial charge in [-0.15, -0.1) is 0 Å². The summed E-state index contributed by atoms with van der Waals surface area (Å²) in [5, 5.41) is 9.88. The van der Waals surface area contributed by atoms with Crippen LogP contribution in [0, 0.1) is 28.9 Å². The maximum absolute atomic E-state index is 16.7. The van der Waals surface area contributed by atoms with Gasteiger partial charge in [-0.05, 0) is 73.4 Å². The van der Waals surface area contributed by atoms with Gasteiger partial charge in [0, 0.05) is 44.4 Å². The van der Waals surface area contributed by atoms with Crippen LogP contribution in [0.25, 0.3) is 22.2 Å². The van der Waals surface area contributed by atoms with Crippen LogP contribution >= 0.6 is 0 Å². The minimum absolute atomic E-state index is 0.0169. The molecule has 0 spiro atoms. The minimum Gasteiger partial charge on any atom is -0.461 e. The number of fused-ring (bicyclic) bond motifs is 5. The Morgan fingerprint density at radius 3 is 2.91 bits per heavy atom. The molecule has 4 fully saturated rings. The number of amides is 1. The smallest absolute Gasteiger partial charge is 0.319 e. The van der Waals surface area contributed by atoms with Gasteiger partial charge in [-0.2, -0.15) is 15.2 Å². The van der Waals surface area contributed by atoms with Gasteiger partial charge in [0.15, 0.2) is 5.82 Å². The van der Waals surface area contributed by atoms with Gasteiger partial charge in [-0.3, -0.25) is 14.7 Å². The number of alkyl halides is 1. The number of halogens is 3. The number of ether oxygens (including phenoxy) is 1. The van der Waals surface area contributed by atoms with Gasteiger partial charge in [0.05, 0.1) is 29.5 Å².